The molecule has 6 aliphatic rings. The highest BCUT2D eigenvalue weighted by Gasteiger charge is 2.71. The number of ether oxygens (including phenoxy) is 5. The molecule has 6 rings (SSSR count). The lowest BCUT2D eigenvalue weighted by molar-refractivity contribution is -0.247. The number of rotatable bonds is 5. The Morgan fingerprint density at radius 2 is 1.54 bits per heavy atom. The fourth-order valence-corrected chi connectivity index (χ4v) is 11.4. The number of alkyl halides is 1. The van der Waals surface area contributed by atoms with Crippen molar-refractivity contribution in [2.75, 3.05) is 6.61 Å². The summed E-state index contributed by atoms with van der Waals surface area (Å²) in [5.41, 5.74) is -2.73. The van der Waals surface area contributed by atoms with Crippen LogP contribution in [0.1, 0.15) is 121 Å². The van der Waals surface area contributed by atoms with Gasteiger partial charge in [0.2, 0.25) is 0 Å². The number of carbonyl (C=O) groups is 4. The molecule has 2 heterocycles. The van der Waals surface area contributed by atoms with Gasteiger partial charge in [-0.1, -0.05) is 13.8 Å². The second-order valence-electron chi connectivity index (χ2n) is 19.6. The normalized spacial score (nSPS) is 44.7. The van der Waals surface area contributed by atoms with Crippen LogP contribution < -0.4 is 0 Å². The maximum atomic E-state index is 16.9. The van der Waals surface area contributed by atoms with Gasteiger partial charge in [-0.3, -0.25) is 14.4 Å². The van der Waals surface area contributed by atoms with Crippen LogP contribution in [0.2, 0.25) is 0 Å². The Kier molecular flexibility index (Phi) is 10.1. The fourth-order valence-electron chi connectivity index (χ4n) is 11.4. The van der Waals surface area contributed by atoms with E-state index in [0.717, 1.165) is 44.1 Å². The second-order valence-corrected chi connectivity index (χ2v) is 19.6. The van der Waals surface area contributed by atoms with Crippen molar-refractivity contribution in [3.05, 3.63) is 11.6 Å². The quantitative estimate of drug-likeness (QED) is 0.249. The third-order valence-electron chi connectivity index (χ3n) is 14.2. The highest BCUT2D eigenvalue weighted by Crippen LogP contribution is 2.70. The Labute approximate surface area is 308 Å². The molecule has 0 amide bonds. The van der Waals surface area contributed by atoms with Gasteiger partial charge in [-0.15, -0.1) is 0 Å². The second kappa shape index (κ2) is 13.3. The number of fused-ring (bicyclic) bond motifs is 5. The maximum absolute atomic E-state index is 16.9. The van der Waals surface area contributed by atoms with Crippen LogP contribution in [0.3, 0.4) is 0 Å². The molecule has 0 aromatic rings. The van der Waals surface area contributed by atoms with Crippen molar-refractivity contribution in [2.24, 2.45) is 51.2 Å². The Morgan fingerprint density at radius 3 is 2.12 bits per heavy atom. The summed E-state index contributed by atoms with van der Waals surface area (Å²) in [7, 11) is 0. The number of hydrogen-bond donors (Lipinski definition) is 1. The van der Waals surface area contributed by atoms with E-state index in [1.165, 1.54) is 13.0 Å². The molecule has 4 aliphatic carbocycles. The Balaban J connectivity index is 1.22. The molecule has 52 heavy (non-hydrogen) atoms. The van der Waals surface area contributed by atoms with Crippen LogP contribution in [-0.4, -0.2) is 77.9 Å². The van der Waals surface area contributed by atoms with Gasteiger partial charge in [0.15, 0.2) is 18.4 Å². The molecule has 1 N–H and O–H groups in total. The summed E-state index contributed by atoms with van der Waals surface area (Å²) < 4.78 is 46.2. The van der Waals surface area contributed by atoms with E-state index in [9.17, 15) is 24.3 Å². The summed E-state index contributed by atoms with van der Waals surface area (Å²) in [4.78, 5) is 50.5. The molecule has 0 spiro atoms. The molecule has 292 valence electrons. The first-order valence-electron chi connectivity index (χ1n) is 19.5. The van der Waals surface area contributed by atoms with E-state index < -0.39 is 82.4 Å². The summed E-state index contributed by atoms with van der Waals surface area (Å²) >= 11 is 0. The maximum Gasteiger partial charge on any atom is 0.331 e. The van der Waals surface area contributed by atoms with Crippen LogP contribution in [0, 0.1) is 51.2 Å². The SMILES string of the molecule is CC(=O)O[C@H]1C[C@]2(O)[C@@H]3CCC4C[C@@H]([C@@H]5O[C@@H](C)[C@H](OC(=O)C(C)(C)C)[C@@H](OC(=O)C(C)(C)C)[C@H]5F)CC[C@]4(C)[C@H]3CC[C@]2(C)[C@H]1C1=CC(=O)OC1. The summed E-state index contributed by atoms with van der Waals surface area (Å²) in [5, 5.41) is 12.9. The molecule has 11 heteroatoms. The Morgan fingerprint density at radius 1 is 0.904 bits per heavy atom. The van der Waals surface area contributed by atoms with Gasteiger partial charge in [-0.2, -0.15) is 0 Å². The largest absolute Gasteiger partial charge is 0.462 e. The molecule has 0 radical (unpaired) electrons. The monoisotopic (exact) mass is 732 g/mol. The van der Waals surface area contributed by atoms with Crippen LogP contribution in [0.5, 0.6) is 0 Å². The van der Waals surface area contributed by atoms with Crippen LogP contribution in [0.15, 0.2) is 11.6 Å². The Hall–Kier alpha value is -2.53. The smallest absolute Gasteiger partial charge is 0.331 e. The van der Waals surface area contributed by atoms with Gasteiger partial charge in [-0.25, -0.2) is 9.18 Å². The lowest BCUT2D eigenvalue weighted by Gasteiger charge is -2.64. The van der Waals surface area contributed by atoms with Crippen molar-refractivity contribution in [3.8, 4) is 0 Å². The fraction of sp³-hybridized carbons (Fsp3) is 0.854. The predicted molar refractivity (Wildman–Crippen MR) is 188 cm³/mol. The molecule has 5 fully saturated rings. The average Bonchev–Trinajstić information content (AvgIpc) is 3.55. The topological polar surface area (TPSA) is 135 Å². The average molecular weight is 733 g/mol. The lowest BCUT2D eigenvalue weighted by atomic mass is 9.42. The van der Waals surface area contributed by atoms with Crippen molar-refractivity contribution >= 4 is 23.9 Å². The van der Waals surface area contributed by atoms with E-state index in [2.05, 4.69) is 13.8 Å². The zero-order valence-electron chi connectivity index (χ0n) is 32.8. The number of cyclic esters (lactones) is 1. The van der Waals surface area contributed by atoms with Gasteiger partial charge in [0.05, 0.1) is 28.6 Å². The van der Waals surface area contributed by atoms with E-state index in [1.54, 1.807) is 48.5 Å². The first kappa shape index (κ1) is 39.2. The van der Waals surface area contributed by atoms with E-state index in [4.69, 9.17) is 23.7 Å². The van der Waals surface area contributed by atoms with Gasteiger partial charge in [0.25, 0.3) is 0 Å². The number of hydrogen-bond acceptors (Lipinski definition) is 10. The molecule has 4 saturated carbocycles. The molecule has 0 bridgehead atoms. The van der Waals surface area contributed by atoms with E-state index in [1.807, 2.05) is 0 Å². The molecular formula is C41H61FO10. The van der Waals surface area contributed by atoms with Crippen molar-refractivity contribution in [1.29, 1.82) is 0 Å². The molecule has 0 aromatic carbocycles. The van der Waals surface area contributed by atoms with Crippen molar-refractivity contribution in [3.63, 3.8) is 0 Å². The Bertz CT molecular complexity index is 1480. The zero-order chi connectivity index (χ0) is 38.3. The van der Waals surface area contributed by atoms with E-state index in [0.29, 0.717) is 12.8 Å². The van der Waals surface area contributed by atoms with Crippen molar-refractivity contribution < 1.29 is 52.4 Å². The van der Waals surface area contributed by atoms with Gasteiger partial charge < -0.3 is 28.8 Å². The third-order valence-corrected chi connectivity index (χ3v) is 14.2. The number of aliphatic hydroxyl groups is 1. The summed E-state index contributed by atoms with van der Waals surface area (Å²) in [6.07, 6.45) is 1.23. The van der Waals surface area contributed by atoms with Gasteiger partial charge in [0, 0.05) is 30.8 Å². The molecular weight excluding hydrogens is 671 g/mol. The molecule has 2 aliphatic heterocycles. The highest BCUT2D eigenvalue weighted by molar-refractivity contribution is 5.85. The molecule has 10 nitrogen and oxygen atoms in total. The lowest BCUT2D eigenvalue weighted by Crippen LogP contribution is -2.63. The molecule has 14 atom stereocenters. The number of carbonyl (C=O) groups excluding carboxylic acids is 4. The highest BCUT2D eigenvalue weighted by atomic mass is 19.1. The van der Waals surface area contributed by atoms with E-state index in [-0.39, 0.29) is 41.6 Å². The van der Waals surface area contributed by atoms with E-state index >= 15 is 4.39 Å². The minimum Gasteiger partial charge on any atom is -0.462 e. The third kappa shape index (κ3) is 6.51. The summed E-state index contributed by atoms with van der Waals surface area (Å²) in [5.74, 6) is -1.86. The van der Waals surface area contributed by atoms with Crippen LogP contribution in [0.4, 0.5) is 4.39 Å². The first-order chi connectivity index (χ1) is 24.0. The minimum absolute atomic E-state index is 0.0231. The first-order valence-corrected chi connectivity index (χ1v) is 19.5. The zero-order valence-corrected chi connectivity index (χ0v) is 32.8. The number of halogens is 1. The summed E-state index contributed by atoms with van der Waals surface area (Å²) in [6.45, 7) is 18.1. The van der Waals surface area contributed by atoms with Crippen LogP contribution in [-0.2, 0) is 42.9 Å². The minimum atomic E-state index is -1.68. The van der Waals surface area contributed by atoms with Gasteiger partial charge >= 0.3 is 23.9 Å². The predicted octanol–water partition coefficient (Wildman–Crippen LogP) is 6.44. The van der Waals surface area contributed by atoms with Crippen LogP contribution in [0.25, 0.3) is 0 Å². The summed E-state index contributed by atoms with van der Waals surface area (Å²) in [6, 6.07) is 0. The number of esters is 4. The van der Waals surface area contributed by atoms with Gasteiger partial charge in [0.1, 0.15) is 12.7 Å². The standard InChI is InChI=1S/C41H61FO10/c1-21-32(51-35(45)37(3,4)5)34(52-36(46)38(6,7)8)31(42)33(49-21)23-13-15-39(9)25(17-23)11-12-27-26(39)14-16-40(10)30(24-18-29(44)48-20-24)28(50-22(2)43)19-41(27,40)47/h18,21,23,25-28,30-34,47H,11-17,19-20H2,1-10H3/t21-,23-,25?,26-,27+,28-,30-,31-,32-,33-,34-,39-,40+,41-/m0/s1. The molecule has 1 unspecified atom stereocenters. The molecule has 0 aromatic heterocycles. The van der Waals surface area contributed by atoms with Crippen LogP contribution >= 0.6 is 0 Å². The van der Waals surface area contributed by atoms with Crippen molar-refractivity contribution in [1.82, 2.24) is 0 Å². The molecule has 1 saturated heterocycles. The van der Waals surface area contributed by atoms with Crippen molar-refractivity contribution in [2.45, 2.75) is 163 Å². The van der Waals surface area contributed by atoms with Gasteiger partial charge in [-0.05, 0) is 128 Å².